The molecular weight excluding hydrogens is 324 g/mol. The summed E-state index contributed by atoms with van der Waals surface area (Å²) in [6, 6.07) is 8.02. The number of nitrogens with zero attached hydrogens (tertiary/aromatic N) is 1. The standard InChI is InChI=1S/C18H27BrN2/c1-14(13-21-9-3-2-4-10-21)20-18-8-6-15-11-17(19)7-5-16(15)12-18/h5,7,11,14,18,20H,2-4,6,8-10,12-13H2,1H3. The Hall–Kier alpha value is -0.380. The molecule has 1 aromatic carbocycles. The molecule has 1 fully saturated rings. The number of likely N-dealkylation sites (tertiary alicyclic amines) is 1. The van der Waals surface area contributed by atoms with Crippen molar-refractivity contribution in [3.05, 3.63) is 33.8 Å². The second-order valence-electron chi connectivity index (χ2n) is 6.78. The van der Waals surface area contributed by atoms with Gasteiger partial charge in [-0.25, -0.2) is 0 Å². The molecule has 0 amide bonds. The molecule has 0 radical (unpaired) electrons. The zero-order valence-electron chi connectivity index (χ0n) is 13.1. The van der Waals surface area contributed by atoms with Crippen LogP contribution in [0.2, 0.25) is 0 Å². The Morgan fingerprint density at radius 2 is 2.05 bits per heavy atom. The van der Waals surface area contributed by atoms with Crippen LogP contribution in [0.3, 0.4) is 0 Å². The molecule has 1 aliphatic heterocycles. The fourth-order valence-corrected chi connectivity index (χ4v) is 4.26. The van der Waals surface area contributed by atoms with Crippen molar-refractivity contribution in [2.45, 2.75) is 57.5 Å². The summed E-state index contributed by atoms with van der Waals surface area (Å²) < 4.78 is 1.21. The molecule has 0 aromatic heterocycles. The molecule has 2 unspecified atom stereocenters. The fraction of sp³-hybridized carbons (Fsp3) is 0.667. The summed E-state index contributed by atoms with van der Waals surface area (Å²) in [6.45, 7) is 6.16. The summed E-state index contributed by atoms with van der Waals surface area (Å²) in [7, 11) is 0. The Bertz CT molecular complexity index is 468. The Balaban J connectivity index is 1.50. The van der Waals surface area contributed by atoms with Crippen molar-refractivity contribution in [1.82, 2.24) is 10.2 Å². The number of aryl methyl sites for hydroxylation is 1. The average molecular weight is 351 g/mol. The van der Waals surface area contributed by atoms with E-state index in [0.717, 1.165) is 0 Å². The zero-order chi connectivity index (χ0) is 14.7. The first-order valence-corrected chi connectivity index (χ1v) is 9.26. The Morgan fingerprint density at radius 3 is 2.86 bits per heavy atom. The van der Waals surface area contributed by atoms with Crippen LogP contribution in [0.1, 0.15) is 43.7 Å². The number of piperidine rings is 1. The van der Waals surface area contributed by atoms with Crippen molar-refractivity contribution in [3.63, 3.8) is 0 Å². The van der Waals surface area contributed by atoms with Crippen LogP contribution in [0.4, 0.5) is 0 Å². The molecular formula is C18H27BrN2. The van der Waals surface area contributed by atoms with E-state index in [1.54, 1.807) is 0 Å². The summed E-state index contributed by atoms with van der Waals surface area (Å²) in [6.07, 6.45) is 7.87. The normalized spacial score (nSPS) is 24.6. The van der Waals surface area contributed by atoms with Crippen molar-refractivity contribution in [2.75, 3.05) is 19.6 Å². The highest BCUT2D eigenvalue weighted by Crippen LogP contribution is 2.25. The number of halogens is 1. The van der Waals surface area contributed by atoms with Crippen LogP contribution in [0.15, 0.2) is 22.7 Å². The zero-order valence-corrected chi connectivity index (χ0v) is 14.7. The maximum atomic E-state index is 3.87. The van der Waals surface area contributed by atoms with Crippen LogP contribution >= 0.6 is 15.9 Å². The van der Waals surface area contributed by atoms with Gasteiger partial charge in [-0.3, -0.25) is 0 Å². The lowest BCUT2D eigenvalue weighted by atomic mass is 9.88. The predicted octanol–water partition coefficient (Wildman–Crippen LogP) is 3.77. The summed E-state index contributed by atoms with van der Waals surface area (Å²) in [4.78, 5) is 2.63. The minimum Gasteiger partial charge on any atom is -0.310 e. The third kappa shape index (κ3) is 4.30. The molecule has 116 valence electrons. The van der Waals surface area contributed by atoms with Gasteiger partial charge < -0.3 is 10.2 Å². The van der Waals surface area contributed by atoms with Crippen molar-refractivity contribution in [2.24, 2.45) is 0 Å². The van der Waals surface area contributed by atoms with Crippen LogP contribution < -0.4 is 5.32 Å². The first kappa shape index (κ1) is 15.5. The van der Waals surface area contributed by atoms with Gasteiger partial charge in [-0.15, -0.1) is 0 Å². The summed E-state index contributed by atoms with van der Waals surface area (Å²) in [5.41, 5.74) is 3.07. The lowest BCUT2D eigenvalue weighted by Crippen LogP contribution is -2.46. The number of fused-ring (bicyclic) bond motifs is 1. The van der Waals surface area contributed by atoms with E-state index in [9.17, 15) is 0 Å². The van der Waals surface area contributed by atoms with Crippen LogP contribution in [0.5, 0.6) is 0 Å². The number of rotatable bonds is 4. The van der Waals surface area contributed by atoms with Gasteiger partial charge in [0, 0.05) is 23.1 Å². The second-order valence-corrected chi connectivity index (χ2v) is 7.70. The first-order chi connectivity index (χ1) is 10.2. The lowest BCUT2D eigenvalue weighted by molar-refractivity contribution is 0.202. The molecule has 1 heterocycles. The molecule has 1 saturated heterocycles. The Kier molecular flexibility index (Phi) is 5.36. The molecule has 0 spiro atoms. The highest BCUT2D eigenvalue weighted by Gasteiger charge is 2.21. The Labute approximate surface area is 137 Å². The van der Waals surface area contributed by atoms with Crippen molar-refractivity contribution >= 4 is 15.9 Å². The molecule has 1 aromatic rings. The van der Waals surface area contributed by atoms with Gasteiger partial charge in [-0.2, -0.15) is 0 Å². The molecule has 1 aliphatic carbocycles. The van der Waals surface area contributed by atoms with Gasteiger partial charge in [0.15, 0.2) is 0 Å². The smallest absolute Gasteiger partial charge is 0.0178 e. The second kappa shape index (κ2) is 7.26. The van der Waals surface area contributed by atoms with E-state index in [1.165, 1.54) is 73.8 Å². The van der Waals surface area contributed by atoms with Crippen LogP contribution in [-0.2, 0) is 12.8 Å². The van der Waals surface area contributed by atoms with E-state index in [2.05, 4.69) is 51.3 Å². The molecule has 2 aliphatic rings. The largest absolute Gasteiger partial charge is 0.310 e. The molecule has 2 nitrogen and oxygen atoms in total. The number of hydrogen-bond donors (Lipinski definition) is 1. The SMILES string of the molecule is CC(CN1CCCCC1)NC1CCc2cc(Br)ccc2C1. The topological polar surface area (TPSA) is 15.3 Å². The number of hydrogen-bond acceptors (Lipinski definition) is 2. The van der Waals surface area contributed by atoms with E-state index in [-0.39, 0.29) is 0 Å². The highest BCUT2D eigenvalue weighted by molar-refractivity contribution is 9.10. The van der Waals surface area contributed by atoms with Gasteiger partial charge >= 0.3 is 0 Å². The van der Waals surface area contributed by atoms with Gasteiger partial charge in [0.05, 0.1) is 0 Å². The number of benzene rings is 1. The molecule has 1 N–H and O–H groups in total. The van der Waals surface area contributed by atoms with Crippen LogP contribution in [-0.4, -0.2) is 36.6 Å². The summed E-state index contributed by atoms with van der Waals surface area (Å²) >= 11 is 3.58. The minimum absolute atomic E-state index is 0.602. The van der Waals surface area contributed by atoms with Crippen molar-refractivity contribution in [3.8, 4) is 0 Å². The highest BCUT2D eigenvalue weighted by atomic mass is 79.9. The quantitative estimate of drug-likeness (QED) is 0.888. The molecule has 3 rings (SSSR count). The first-order valence-electron chi connectivity index (χ1n) is 8.46. The van der Waals surface area contributed by atoms with Gasteiger partial charge in [-0.1, -0.05) is 28.4 Å². The minimum atomic E-state index is 0.602. The lowest BCUT2D eigenvalue weighted by Gasteiger charge is -2.33. The van der Waals surface area contributed by atoms with E-state index in [4.69, 9.17) is 0 Å². The van der Waals surface area contributed by atoms with E-state index < -0.39 is 0 Å². The molecule has 0 saturated carbocycles. The molecule has 0 bridgehead atoms. The molecule has 2 atom stereocenters. The van der Waals surface area contributed by atoms with Gasteiger partial charge in [0.25, 0.3) is 0 Å². The number of nitrogens with one attached hydrogen (secondary N) is 1. The van der Waals surface area contributed by atoms with Gasteiger partial charge in [-0.05, 0) is 75.4 Å². The van der Waals surface area contributed by atoms with Crippen molar-refractivity contribution < 1.29 is 0 Å². The van der Waals surface area contributed by atoms with Gasteiger partial charge in [0.1, 0.15) is 0 Å². The predicted molar refractivity (Wildman–Crippen MR) is 92.8 cm³/mol. The fourth-order valence-electron chi connectivity index (χ4n) is 3.85. The van der Waals surface area contributed by atoms with Crippen LogP contribution in [0.25, 0.3) is 0 Å². The maximum absolute atomic E-state index is 3.87. The Morgan fingerprint density at radius 1 is 1.24 bits per heavy atom. The monoisotopic (exact) mass is 350 g/mol. The van der Waals surface area contributed by atoms with E-state index in [0.29, 0.717) is 12.1 Å². The molecule has 3 heteroatoms. The van der Waals surface area contributed by atoms with Crippen LogP contribution in [0, 0.1) is 0 Å². The van der Waals surface area contributed by atoms with E-state index >= 15 is 0 Å². The summed E-state index contributed by atoms with van der Waals surface area (Å²) in [5, 5.41) is 3.87. The van der Waals surface area contributed by atoms with Gasteiger partial charge in [0.2, 0.25) is 0 Å². The van der Waals surface area contributed by atoms with E-state index in [1.807, 2.05) is 0 Å². The summed E-state index contributed by atoms with van der Waals surface area (Å²) in [5.74, 6) is 0. The average Bonchev–Trinajstić information content (AvgIpc) is 2.48. The third-order valence-electron chi connectivity index (χ3n) is 4.90. The third-order valence-corrected chi connectivity index (χ3v) is 5.39. The maximum Gasteiger partial charge on any atom is 0.0178 e. The molecule has 21 heavy (non-hydrogen) atoms. The van der Waals surface area contributed by atoms with Crippen molar-refractivity contribution in [1.29, 1.82) is 0 Å².